The number of fused-ring (bicyclic) bond motifs is 1. The van der Waals surface area contributed by atoms with Gasteiger partial charge in [0, 0.05) is 12.7 Å². The predicted octanol–water partition coefficient (Wildman–Crippen LogP) is 1.72. The van der Waals surface area contributed by atoms with E-state index in [1.54, 1.807) is 32.2 Å². The lowest BCUT2D eigenvalue weighted by Crippen LogP contribution is -2.29. The van der Waals surface area contributed by atoms with Crippen molar-refractivity contribution in [3.8, 4) is 0 Å². The summed E-state index contributed by atoms with van der Waals surface area (Å²) in [5, 5.41) is 23.6. The van der Waals surface area contributed by atoms with E-state index in [0.717, 1.165) is 0 Å². The molecule has 0 radical (unpaired) electrons. The van der Waals surface area contributed by atoms with E-state index in [1.807, 2.05) is 0 Å². The van der Waals surface area contributed by atoms with Crippen LogP contribution in [-0.4, -0.2) is 32.1 Å². The first kappa shape index (κ1) is 13.2. The Labute approximate surface area is 109 Å². The molecule has 0 saturated carbocycles. The van der Waals surface area contributed by atoms with E-state index in [0.29, 0.717) is 11.0 Å². The van der Waals surface area contributed by atoms with Crippen molar-refractivity contribution in [2.75, 3.05) is 11.9 Å². The third-order valence-electron chi connectivity index (χ3n) is 2.50. The van der Waals surface area contributed by atoms with Crippen LogP contribution >= 0.6 is 0 Å². The van der Waals surface area contributed by atoms with Gasteiger partial charge in [-0.05, 0) is 26.0 Å². The Kier molecular flexibility index (Phi) is 3.30. The average Bonchev–Trinajstić information content (AvgIpc) is 2.34. The van der Waals surface area contributed by atoms with Gasteiger partial charge in [0.1, 0.15) is 17.4 Å². The molecule has 0 aliphatic carbocycles. The lowest BCUT2D eigenvalue weighted by molar-refractivity contribution is -0.384. The van der Waals surface area contributed by atoms with Crippen molar-refractivity contribution in [1.29, 1.82) is 0 Å². The molecule has 0 bridgehead atoms. The monoisotopic (exact) mass is 262 g/mol. The number of nitrogens with one attached hydrogen (secondary N) is 1. The molecule has 0 amide bonds. The summed E-state index contributed by atoms with van der Waals surface area (Å²) in [5.74, 6) is 0. The number of aliphatic hydroxyl groups is 1. The first-order valence-corrected chi connectivity index (χ1v) is 5.73. The second-order valence-corrected chi connectivity index (χ2v) is 4.81. The Morgan fingerprint density at radius 3 is 2.84 bits per heavy atom. The fraction of sp³-hybridized carbons (Fsp3) is 0.333. The Morgan fingerprint density at radius 2 is 2.21 bits per heavy atom. The highest BCUT2D eigenvalue weighted by atomic mass is 16.6. The Hall–Kier alpha value is -2.28. The van der Waals surface area contributed by atoms with E-state index in [4.69, 9.17) is 0 Å². The van der Waals surface area contributed by atoms with Gasteiger partial charge in [-0.1, -0.05) is 0 Å². The molecule has 0 saturated heterocycles. The zero-order valence-electron chi connectivity index (χ0n) is 10.6. The molecule has 7 heteroatoms. The maximum Gasteiger partial charge on any atom is 0.312 e. The molecule has 2 aromatic rings. The Morgan fingerprint density at radius 1 is 1.47 bits per heavy atom. The highest BCUT2D eigenvalue weighted by molar-refractivity contribution is 5.92. The molecule has 100 valence electrons. The Bertz CT molecular complexity index is 622. The number of nitrogens with zero attached hydrogens (tertiary/aromatic N) is 3. The fourth-order valence-corrected chi connectivity index (χ4v) is 1.63. The number of rotatable bonds is 4. The molecule has 0 aromatic carbocycles. The van der Waals surface area contributed by atoms with Crippen LogP contribution in [0.15, 0.2) is 24.5 Å². The maximum absolute atomic E-state index is 11.0. The summed E-state index contributed by atoms with van der Waals surface area (Å²) in [4.78, 5) is 18.6. The van der Waals surface area contributed by atoms with Gasteiger partial charge in [-0.3, -0.25) is 15.1 Å². The molecule has 0 fully saturated rings. The lowest BCUT2D eigenvalue weighted by atomic mass is 10.1. The zero-order chi connectivity index (χ0) is 14.0. The van der Waals surface area contributed by atoms with Crippen molar-refractivity contribution < 1.29 is 10.0 Å². The second kappa shape index (κ2) is 4.77. The highest BCUT2D eigenvalue weighted by Gasteiger charge is 2.21. The first-order valence-electron chi connectivity index (χ1n) is 5.73. The van der Waals surface area contributed by atoms with Crippen LogP contribution in [0.3, 0.4) is 0 Å². The maximum atomic E-state index is 11.0. The largest absolute Gasteiger partial charge is 0.389 e. The smallest absolute Gasteiger partial charge is 0.312 e. The lowest BCUT2D eigenvalue weighted by Gasteiger charge is -2.18. The van der Waals surface area contributed by atoms with Crippen LogP contribution < -0.4 is 5.32 Å². The van der Waals surface area contributed by atoms with Crippen LogP contribution in [0, 0.1) is 10.1 Å². The summed E-state index contributed by atoms with van der Waals surface area (Å²) in [6.07, 6.45) is 2.74. The van der Waals surface area contributed by atoms with E-state index in [-0.39, 0.29) is 17.9 Å². The van der Waals surface area contributed by atoms with Gasteiger partial charge in [0.15, 0.2) is 0 Å². The van der Waals surface area contributed by atoms with Gasteiger partial charge in [-0.15, -0.1) is 0 Å². The van der Waals surface area contributed by atoms with Gasteiger partial charge in [-0.2, -0.15) is 0 Å². The molecule has 0 spiro atoms. The van der Waals surface area contributed by atoms with Gasteiger partial charge >= 0.3 is 5.69 Å². The van der Waals surface area contributed by atoms with Crippen molar-refractivity contribution in [1.82, 2.24) is 9.97 Å². The molecule has 7 nitrogen and oxygen atoms in total. The van der Waals surface area contributed by atoms with E-state index < -0.39 is 10.5 Å². The standard InChI is InChI=1S/C12H14N4O3/c1-12(2,17)7-15-11-9(16(18)19)6-14-8-4-3-5-13-10(8)11/h3-6,17H,7H2,1-2H3,(H,14,15). The van der Waals surface area contributed by atoms with E-state index in [9.17, 15) is 15.2 Å². The highest BCUT2D eigenvalue weighted by Crippen LogP contribution is 2.30. The third-order valence-corrected chi connectivity index (χ3v) is 2.50. The minimum Gasteiger partial charge on any atom is -0.389 e. The minimum absolute atomic E-state index is 0.157. The van der Waals surface area contributed by atoms with Crippen LogP contribution in [0.2, 0.25) is 0 Å². The molecule has 0 atom stereocenters. The number of anilines is 1. The minimum atomic E-state index is -0.988. The van der Waals surface area contributed by atoms with Gasteiger partial charge in [-0.25, -0.2) is 4.98 Å². The topological polar surface area (TPSA) is 101 Å². The van der Waals surface area contributed by atoms with E-state index in [1.165, 1.54) is 6.20 Å². The zero-order valence-corrected chi connectivity index (χ0v) is 10.6. The fourth-order valence-electron chi connectivity index (χ4n) is 1.63. The molecule has 19 heavy (non-hydrogen) atoms. The molecule has 2 heterocycles. The molecule has 0 aliphatic rings. The van der Waals surface area contributed by atoms with Crippen molar-refractivity contribution in [3.63, 3.8) is 0 Å². The van der Waals surface area contributed by atoms with E-state index >= 15 is 0 Å². The van der Waals surface area contributed by atoms with Crippen LogP contribution in [0.5, 0.6) is 0 Å². The Balaban J connectivity index is 2.53. The van der Waals surface area contributed by atoms with Gasteiger partial charge in [0.05, 0.1) is 16.0 Å². The second-order valence-electron chi connectivity index (χ2n) is 4.81. The van der Waals surface area contributed by atoms with E-state index in [2.05, 4.69) is 15.3 Å². The number of hydrogen-bond donors (Lipinski definition) is 2. The quantitative estimate of drug-likeness (QED) is 0.642. The van der Waals surface area contributed by atoms with Gasteiger partial charge < -0.3 is 10.4 Å². The van der Waals surface area contributed by atoms with Crippen LogP contribution in [-0.2, 0) is 0 Å². The van der Waals surface area contributed by atoms with Crippen molar-refractivity contribution >= 4 is 22.4 Å². The summed E-state index contributed by atoms with van der Waals surface area (Å²) in [6, 6.07) is 3.43. The predicted molar refractivity (Wildman–Crippen MR) is 71.0 cm³/mol. The number of hydrogen-bond acceptors (Lipinski definition) is 6. The van der Waals surface area contributed by atoms with Crippen molar-refractivity contribution in [3.05, 3.63) is 34.6 Å². The summed E-state index contributed by atoms with van der Waals surface area (Å²) < 4.78 is 0. The summed E-state index contributed by atoms with van der Waals surface area (Å²) in [5.41, 5.74) is 0.110. The van der Waals surface area contributed by atoms with Gasteiger partial charge in [0.25, 0.3) is 0 Å². The average molecular weight is 262 g/mol. The number of pyridine rings is 2. The van der Waals surface area contributed by atoms with Crippen LogP contribution in [0.4, 0.5) is 11.4 Å². The molecule has 2 N–H and O–H groups in total. The third kappa shape index (κ3) is 2.94. The first-order chi connectivity index (χ1) is 8.88. The SMILES string of the molecule is CC(C)(O)CNc1c([N+](=O)[O-])cnc2cccnc12. The molecule has 2 rings (SSSR count). The van der Waals surface area contributed by atoms with Crippen molar-refractivity contribution in [2.24, 2.45) is 0 Å². The van der Waals surface area contributed by atoms with Crippen LogP contribution in [0.1, 0.15) is 13.8 Å². The number of aromatic nitrogens is 2. The molecule has 2 aromatic heterocycles. The normalized spacial score (nSPS) is 11.5. The molecule has 0 aliphatic heterocycles. The summed E-state index contributed by atoms with van der Waals surface area (Å²) in [7, 11) is 0. The number of nitro groups is 1. The summed E-state index contributed by atoms with van der Waals surface area (Å²) >= 11 is 0. The molecule has 0 unspecified atom stereocenters. The molecular weight excluding hydrogens is 248 g/mol. The van der Waals surface area contributed by atoms with Gasteiger partial charge in [0.2, 0.25) is 0 Å². The van der Waals surface area contributed by atoms with Crippen LogP contribution in [0.25, 0.3) is 11.0 Å². The summed E-state index contributed by atoms with van der Waals surface area (Å²) in [6.45, 7) is 3.40. The van der Waals surface area contributed by atoms with Crippen molar-refractivity contribution in [2.45, 2.75) is 19.4 Å². The molecular formula is C12H14N4O3.